The van der Waals surface area contributed by atoms with Gasteiger partial charge in [0.2, 0.25) is 5.95 Å². The Morgan fingerprint density at radius 1 is 1.47 bits per heavy atom. The van der Waals surface area contributed by atoms with Crippen molar-refractivity contribution in [2.24, 2.45) is 0 Å². The number of halogens is 1. The van der Waals surface area contributed by atoms with E-state index in [1.807, 2.05) is 23.4 Å². The van der Waals surface area contributed by atoms with E-state index in [2.05, 4.69) is 15.3 Å². The summed E-state index contributed by atoms with van der Waals surface area (Å²) in [6, 6.07) is 3.37. The number of aromatic nitrogens is 2. The van der Waals surface area contributed by atoms with E-state index in [1.165, 1.54) is 18.0 Å². The molecule has 2 rings (SSSR count). The highest BCUT2D eigenvalue weighted by Crippen LogP contribution is 2.14. The first-order chi connectivity index (χ1) is 7.25. The highest BCUT2D eigenvalue weighted by atomic mass is 32.1. The molecule has 0 bridgehead atoms. The van der Waals surface area contributed by atoms with Gasteiger partial charge in [0, 0.05) is 19.7 Å². The zero-order valence-electron chi connectivity index (χ0n) is 8.22. The van der Waals surface area contributed by atoms with Crippen LogP contribution in [0.3, 0.4) is 0 Å². The first-order valence-electron chi connectivity index (χ1n) is 4.45. The molecular formula is C10H10FN3S. The molecule has 0 aromatic carbocycles. The summed E-state index contributed by atoms with van der Waals surface area (Å²) in [5.41, 5.74) is 1.20. The molecule has 0 unspecified atom stereocenters. The van der Waals surface area contributed by atoms with E-state index in [0.717, 1.165) is 6.54 Å². The lowest BCUT2D eigenvalue weighted by Gasteiger charge is -2.16. The summed E-state index contributed by atoms with van der Waals surface area (Å²) in [7, 11) is 1.87. The maximum absolute atomic E-state index is 12.8. The topological polar surface area (TPSA) is 29.0 Å². The Morgan fingerprint density at radius 3 is 3.00 bits per heavy atom. The standard InChI is InChI=1S/C10H10FN3S/c1-14(5-8-2-3-15-6-8)10-4-9(11)12-7-13-10/h2-4,6-7H,5H2,1H3. The van der Waals surface area contributed by atoms with Gasteiger partial charge in [-0.1, -0.05) is 0 Å². The van der Waals surface area contributed by atoms with Gasteiger partial charge in [0.25, 0.3) is 0 Å². The zero-order chi connectivity index (χ0) is 10.7. The van der Waals surface area contributed by atoms with E-state index < -0.39 is 5.95 Å². The van der Waals surface area contributed by atoms with Crippen molar-refractivity contribution in [3.63, 3.8) is 0 Å². The Morgan fingerprint density at radius 2 is 2.33 bits per heavy atom. The molecule has 0 fully saturated rings. The van der Waals surface area contributed by atoms with E-state index >= 15 is 0 Å². The molecule has 2 heterocycles. The molecule has 0 radical (unpaired) electrons. The minimum Gasteiger partial charge on any atom is -0.355 e. The highest BCUT2D eigenvalue weighted by Gasteiger charge is 2.05. The molecule has 2 aromatic heterocycles. The second kappa shape index (κ2) is 4.35. The lowest BCUT2D eigenvalue weighted by molar-refractivity contribution is 0.578. The van der Waals surface area contributed by atoms with Crippen molar-refractivity contribution in [3.05, 3.63) is 40.7 Å². The van der Waals surface area contributed by atoms with Crippen LogP contribution < -0.4 is 4.90 Å². The average molecular weight is 223 g/mol. The second-order valence-corrected chi connectivity index (χ2v) is 3.97. The van der Waals surface area contributed by atoms with Crippen LogP contribution in [0, 0.1) is 5.95 Å². The molecular weight excluding hydrogens is 213 g/mol. The second-order valence-electron chi connectivity index (χ2n) is 3.19. The van der Waals surface area contributed by atoms with Crippen LogP contribution in [-0.4, -0.2) is 17.0 Å². The van der Waals surface area contributed by atoms with Crippen LogP contribution in [0.1, 0.15) is 5.56 Å². The van der Waals surface area contributed by atoms with E-state index in [1.54, 1.807) is 11.3 Å². The summed E-state index contributed by atoms with van der Waals surface area (Å²) in [6.07, 6.45) is 1.23. The van der Waals surface area contributed by atoms with Crippen molar-refractivity contribution >= 4 is 17.2 Å². The SMILES string of the molecule is CN(Cc1ccsc1)c1cc(F)ncn1. The monoisotopic (exact) mass is 223 g/mol. The lowest BCUT2D eigenvalue weighted by atomic mass is 10.3. The van der Waals surface area contributed by atoms with Crippen LogP contribution in [0.15, 0.2) is 29.2 Å². The van der Waals surface area contributed by atoms with Crippen LogP contribution >= 0.6 is 11.3 Å². The molecule has 78 valence electrons. The van der Waals surface area contributed by atoms with Crippen LogP contribution in [-0.2, 0) is 6.54 Å². The Bertz CT molecular complexity index is 430. The average Bonchev–Trinajstić information content (AvgIpc) is 2.70. The fourth-order valence-corrected chi connectivity index (χ4v) is 1.93. The van der Waals surface area contributed by atoms with Crippen LogP contribution in [0.2, 0.25) is 0 Å². The number of nitrogens with zero attached hydrogens (tertiary/aromatic N) is 3. The van der Waals surface area contributed by atoms with E-state index in [9.17, 15) is 4.39 Å². The summed E-state index contributed by atoms with van der Waals surface area (Å²) in [6.45, 7) is 0.722. The molecule has 15 heavy (non-hydrogen) atoms. The highest BCUT2D eigenvalue weighted by molar-refractivity contribution is 7.07. The summed E-state index contributed by atoms with van der Waals surface area (Å²) in [4.78, 5) is 9.30. The molecule has 0 aliphatic heterocycles. The number of rotatable bonds is 3. The fourth-order valence-electron chi connectivity index (χ4n) is 1.27. The molecule has 2 aromatic rings. The van der Waals surface area contributed by atoms with Gasteiger partial charge in [0.05, 0.1) is 0 Å². The van der Waals surface area contributed by atoms with Gasteiger partial charge in [-0.25, -0.2) is 9.97 Å². The maximum atomic E-state index is 12.8. The summed E-state index contributed by atoms with van der Waals surface area (Å²) < 4.78 is 12.8. The third-order valence-corrected chi connectivity index (χ3v) is 2.74. The Kier molecular flexibility index (Phi) is 2.91. The molecule has 0 aliphatic rings. The van der Waals surface area contributed by atoms with E-state index in [-0.39, 0.29) is 0 Å². The molecule has 0 saturated heterocycles. The zero-order valence-corrected chi connectivity index (χ0v) is 9.04. The number of anilines is 1. The van der Waals surface area contributed by atoms with Crippen LogP contribution in [0.25, 0.3) is 0 Å². The third-order valence-electron chi connectivity index (χ3n) is 2.01. The molecule has 0 saturated carbocycles. The van der Waals surface area contributed by atoms with Crippen molar-refractivity contribution < 1.29 is 4.39 Å². The van der Waals surface area contributed by atoms with Crippen LogP contribution in [0.4, 0.5) is 10.2 Å². The first kappa shape index (κ1) is 10.0. The van der Waals surface area contributed by atoms with Gasteiger partial charge in [0.15, 0.2) is 0 Å². The summed E-state index contributed by atoms with van der Waals surface area (Å²) in [5.74, 6) is 0.0888. The smallest absolute Gasteiger partial charge is 0.218 e. The normalized spacial score (nSPS) is 10.3. The minimum absolute atomic E-state index is 0.503. The minimum atomic E-state index is -0.503. The van der Waals surface area contributed by atoms with Crippen molar-refractivity contribution in [1.82, 2.24) is 9.97 Å². The molecule has 0 amide bonds. The lowest BCUT2D eigenvalue weighted by Crippen LogP contribution is -2.17. The van der Waals surface area contributed by atoms with Gasteiger partial charge in [-0.3, -0.25) is 0 Å². The van der Waals surface area contributed by atoms with Gasteiger partial charge in [-0.05, 0) is 22.4 Å². The Balaban J connectivity index is 2.11. The molecule has 0 N–H and O–H groups in total. The predicted octanol–water partition coefficient (Wildman–Crippen LogP) is 2.31. The van der Waals surface area contributed by atoms with Crippen molar-refractivity contribution in [2.75, 3.05) is 11.9 Å². The van der Waals surface area contributed by atoms with Gasteiger partial charge >= 0.3 is 0 Å². The molecule has 0 aliphatic carbocycles. The largest absolute Gasteiger partial charge is 0.355 e. The summed E-state index contributed by atoms with van der Waals surface area (Å²) in [5, 5.41) is 4.08. The van der Waals surface area contributed by atoms with Crippen molar-refractivity contribution in [3.8, 4) is 0 Å². The number of thiophene rings is 1. The fraction of sp³-hybridized carbons (Fsp3) is 0.200. The first-order valence-corrected chi connectivity index (χ1v) is 5.40. The molecule has 3 nitrogen and oxygen atoms in total. The van der Waals surface area contributed by atoms with Gasteiger partial charge < -0.3 is 4.90 Å². The van der Waals surface area contributed by atoms with Gasteiger partial charge in [-0.2, -0.15) is 15.7 Å². The molecule has 5 heteroatoms. The van der Waals surface area contributed by atoms with Gasteiger partial charge in [-0.15, -0.1) is 0 Å². The van der Waals surface area contributed by atoms with Crippen LogP contribution in [0.5, 0.6) is 0 Å². The van der Waals surface area contributed by atoms with Gasteiger partial charge in [0.1, 0.15) is 12.1 Å². The maximum Gasteiger partial charge on any atom is 0.218 e. The summed E-state index contributed by atoms with van der Waals surface area (Å²) >= 11 is 1.65. The predicted molar refractivity (Wildman–Crippen MR) is 58.4 cm³/mol. The quantitative estimate of drug-likeness (QED) is 0.748. The van der Waals surface area contributed by atoms with Crippen molar-refractivity contribution in [2.45, 2.75) is 6.54 Å². The molecule has 0 atom stereocenters. The Labute approximate surface area is 91.2 Å². The van der Waals surface area contributed by atoms with Crippen molar-refractivity contribution in [1.29, 1.82) is 0 Å². The molecule has 0 spiro atoms. The third kappa shape index (κ3) is 2.50. The Hall–Kier alpha value is -1.49. The number of hydrogen-bond donors (Lipinski definition) is 0. The van der Waals surface area contributed by atoms with E-state index in [4.69, 9.17) is 0 Å². The number of hydrogen-bond acceptors (Lipinski definition) is 4. The van der Waals surface area contributed by atoms with E-state index in [0.29, 0.717) is 5.82 Å².